The van der Waals surface area contributed by atoms with Gasteiger partial charge in [-0.1, -0.05) is 112 Å². The van der Waals surface area contributed by atoms with E-state index in [2.05, 4.69) is 111 Å². The summed E-state index contributed by atoms with van der Waals surface area (Å²) in [5.74, 6) is -0.900. The molecule has 0 saturated carbocycles. The molecule has 1 aromatic rings. The summed E-state index contributed by atoms with van der Waals surface area (Å²) in [6, 6.07) is 8.28. The lowest BCUT2D eigenvalue weighted by Gasteiger charge is -1.91. The molecule has 0 bridgehead atoms. The maximum Gasteiger partial charge on any atom is 0.330 e. The number of benzene rings is 1. The molecule has 0 atom stereocenters. The average Bonchev–Trinajstić information content (AvgIpc) is 2.89. The summed E-state index contributed by atoms with van der Waals surface area (Å²) in [7, 11) is 0. The number of allylic oxidation sites excluding steroid dienone is 6. The van der Waals surface area contributed by atoms with Crippen molar-refractivity contribution in [2.24, 2.45) is 0 Å². The third kappa shape index (κ3) is 69.8. The Balaban J connectivity index is -0.0000000812. The molecule has 38 heavy (non-hydrogen) atoms. The van der Waals surface area contributed by atoms with Crippen LogP contribution in [0.5, 0.6) is 0 Å². The second-order valence-electron chi connectivity index (χ2n) is 8.49. The largest absolute Gasteiger partial charge is 0.478 e. The van der Waals surface area contributed by atoms with Crippen LogP contribution in [-0.4, -0.2) is 11.1 Å². The molecule has 0 fully saturated rings. The van der Waals surface area contributed by atoms with Crippen LogP contribution in [0, 0.1) is 6.92 Å². The molecule has 0 heterocycles. The molecule has 218 valence electrons. The fraction of sp³-hybridized carbons (Fsp3) is 0.417. The number of carboxylic acids is 1. The summed E-state index contributed by atoms with van der Waals surface area (Å²) in [5, 5.41) is 8.08. The topological polar surface area (TPSA) is 37.3 Å². The fourth-order valence-electron chi connectivity index (χ4n) is 1.06. The van der Waals surface area contributed by atoms with Gasteiger partial charge in [0.2, 0.25) is 0 Å². The van der Waals surface area contributed by atoms with Crippen molar-refractivity contribution in [1.82, 2.24) is 0 Å². The van der Waals surface area contributed by atoms with Crippen LogP contribution in [0.2, 0.25) is 0 Å². The van der Waals surface area contributed by atoms with E-state index in [4.69, 9.17) is 5.11 Å². The van der Waals surface area contributed by atoms with Crippen LogP contribution in [0.15, 0.2) is 104 Å². The van der Waals surface area contributed by atoms with Crippen LogP contribution in [0.1, 0.15) is 106 Å². The van der Waals surface area contributed by atoms with Gasteiger partial charge in [0.25, 0.3) is 0 Å². The van der Waals surface area contributed by atoms with Crippen molar-refractivity contribution in [2.45, 2.75) is 102 Å². The van der Waals surface area contributed by atoms with Crippen molar-refractivity contribution < 1.29 is 9.90 Å². The zero-order valence-electron chi connectivity index (χ0n) is 27.0. The number of hydrogen-bond acceptors (Lipinski definition) is 1. The van der Waals surface area contributed by atoms with Crippen molar-refractivity contribution in [2.75, 3.05) is 0 Å². The predicted octanol–water partition coefficient (Wildman–Crippen LogP) is 12.4. The first-order valence-electron chi connectivity index (χ1n) is 13.3. The minimum Gasteiger partial charge on any atom is -0.478 e. The summed E-state index contributed by atoms with van der Waals surface area (Å²) >= 11 is 0. The van der Waals surface area contributed by atoms with Gasteiger partial charge in [0.15, 0.2) is 0 Å². The van der Waals surface area contributed by atoms with Gasteiger partial charge in [-0.25, -0.2) is 4.79 Å². The van der Waals surface area contributed by atoms with Gasteiger partial charge in [-0.2, -0.15) is 0 Å². The Labute approximate surface area is 239 Å². The maximum atomic E-state index is 9.83. The molecule has 1 N–H and O–H groups in total. The smallest absolute Gasteiger partial charge is 0.330 e. The maximum absolute atomic E-state index is 9.83. The van der Waals surface area contributed by atoms with Crippen LogP contribution in [0.3, 0.4) is 0 Å². The third-order valence-corrected chi connectivity index (χ3v) is 3.98. The number of aliphatic carboxylic acids is 1. The highest BCUT2D eigenvalue weighted by molar-refractivity contribution is 5.85. The molecule has 0 amide bonds. The molecule has 0 saturated heterocycles. The first kappa shape index (κ1) is 48.0. The standard InChI is InChI=1S/C9H10.C6H12.C5H8O2.C5H10.2C4H8.C3H6/c1-3-9-6-4-8(2)5-7-9;1-4-6(3)5-2;1-3-4(2)5(6)7;1-4-5(2)3;1-4(2)3;1-3-4-2;1-3-2/h3-7H,1H2,2H3;4H,5H2,1-3H3;2-3H2,1H3,(H,6,7);2,4H2,1,3H3;1H2,2-3H3;3H,1,4H2,2H3;3H,1H2,2H3/b;6-4-;;;;;. The van der Waals surface area contributed by atoms with Gasteiger partial charge >= 0.3 is 5.97 Å². The van der Waals surface area contributed by atoms with E-state index < -0.39 is 5.97 Å². The van der Waals surface area contributed by atoms with Crippen LogP contribution >= 0.6 is 0 Å². The monoisotopic (exact) mass is 526 g/mol. The van der Waals surface area contributed by atoms with E-state index in [0.717, 1.165) is 12.8 Å². The molecule has 0 unspecified atom stereocenters. The zero-order chi connectivity index (χ0) is 31.5. The Hall–Kier alpha value is -3.13. The number of aryl methyl sites for hydroxylation is 1. The van der Waals surface area contributed by atoms with Crippen molar-refractivity contribution in [3.63, 3.8) is 0 Å². The Morgan fingerprint density at radius 2 is 1.16 bits per heavy atom. The second-order valence-corrected chi connectivity index (χ2v) is 8.49. The van der Waals surface area contributed by atoms with Crippen molar-refractivity contribution in [1.29, 1.82) is 0 Å². The quantitative estimate of drug-likeness (QED) is 0.295. The Kier molecular flexibility index (Phi) is 51.8. The lowest BCUT2D eigenvalue weighted by molar-refractivity contribution is -0.132. The van der Waals surface area contributed by atoms with E-state index in [9.17, 15) is 4.79 Å². The summed E-state index contributed by atoms with van der Waals surface area (Å²) in [5.41, 5.74) is 6.63. The molecule has 1 aromatic carbocycles. The second kappa shape index (κ2) is 41.0. The van der Waals surface area contributed by atoms with Crippen molar-refractivity contribution in [3.05, 3.63) is 115 Å². The molecular formula is C36H62O2. The normalized spacial score (nSPS) is 8.24. The predicted molar refractivity (Wildman–Crippen MR) is 180 cm³/mol. The summed E-state index contributed by atoms with van der Waals surface area (Å²) < 4.78 is 0. The molecule has 0 spiro atoms. The Bertz CT molecular complexity index is 755. The lowest BCUT2D eigenvalue weighted by atomic mass is 10.2. The van der Waals surface area contributed by atoms with Gasteiger partial charge in [0.05, 0.1) is 0 Å². The fourth-order valence-corrected chi connectivity index (χ4v) is 1.06. The van der Waals surface area contributed by atoms with Crippen molar-refractivity contribution >= 4 is 12.0 Å². The SMILES string of the molecule is C/C=C(/C)CC.C=C(C)C.C=C(C)CC.C=C(CC)C(=O)O.C=CC.C=CCC.C=Cc1ccc(C)cc1. The van der Waals surface area contributed by atoms with Crippen LogP contribution < -0.4 is 0 Å². The molecule has 2 heteroatoms. The van der Waals surface area contributed by atoms with Crippen LogP contribution in [0.25, 0.3) is 6.08 Å². The van der Waals surface area contributed by atoms with E-state index in [0.29, 0.717) is 6.42 Å². The Morgan fingerprint density at radius 1 is 0.816 bits per heavy atom. The van der Waals surface area contributed by atoms with E-state index in [1.54, 1.807) is 13.0 Å². The van der Waals surface area contributed by atoms with Gasteiger partial charge in [0.1, 0.15) is 0 Å². The summed E-state index contributed by atoms with van der Waals surface area (Å²) in [6.45, 7) is 43.2. The first-order valence-corrected chi connectivity index (χ1v) is 13.3. The summed E-state index contributed by atoms with van der Waals surface area (Å²) in [4.78, 5) is 9.83. The molecular weight excluding hydrogens is 464 g/mol. The van der Waals surface area contributed by atoms with Gasteiger partial charge < -0.3 is 5.11 Å². The molecule has 2 nitrogen and oxygen atoms in total. The van der Waals surface area contributed by atoms with Gasteiger partial charge in [-0.15, -0.1) is 26.3 Å². The van der Waals surface area contributed by atoms with Crippen molar-refractivity contribution in [3.8, 4) is 0 Å². The Morgan fingerprint density at radius 3 is 1.26 bits per heavy atom. The molecule has 0 aliphatic carbocycles. The highest BCUT2D eigenvalue weighted by Crippen LogP contribution is 2.02. The molecule has 1 rings (SSSR count). The molecule has 0 radical (unpaired) electrons. The average molecular weight is 527 g/mol. The molecule has 0 aliphatic rings. The summed E-state index contributed by atoms with van der Waals surface area (Å²) in [6.07, 6.45) is 11.5. The van der Waals surface area contributed by atoms with Gasteiger partial charge in [-0.3, -0.25) is 0 Å². The highest BCUT2D eigenvalue weighted by atomic mass is 16.4. The van der Waals surface area contributed by atoms with E-state index >= 15 is 0 Å². The van der Waals surface area contributed by atoms with Crippen LogP contribution in [-0.2, 0) is 4.79 Å². The minimum atomic E-state index is -0.900. The number of carboxylic acid groups (broad SMARTS) is 1. The number of hydrogen-bond donors (Lipinski definition) is 1. The third-order valence-electron chi connectivity index (χ3n) is 3.98. The van der Waals surface area contributed by atoms with Gasteiger partial charge in [-0.05, 0) is 79.7 Å². The van der Waals surface area contributed by atoms with E-state index in [1.165, 1.54) is 34.3 Å². The number of rotatable bonds is 6. The van der Waals surface area contributed by atoms with Crippen LogP contribution in [0.4, 0.5) is 0 Å². The number of carbonyl (C=O) groups is 1. The minimum absolute atomic E-state index is 0.264. The van der Waals surface area contributed by atoms with Gasteiger partial charge in [0, 0.05) is 5.57 Å². The highest BCUT2D eigenvalue weighted by Gasteiger charge is 1.96. The van der Waals surface area contributed by atoms with E-state index in [-0.39, 0.29) is 5.57 Å². The molecule has 0 aliphatic heterocycles. The lowest BCUT2D eigenvalue weighted by Crippen LogP contribution is -1.95. The molecule has 0 aromatic heterocycles. The first-order chi connectivity index (χ1) is 17.6. The zero-order valence-corrected chi connectivity index (χ0v) is 27.0. The van der Waals surface area contributed by atoms with E-state index in [1.807, 2.05) is 39.8 Å².